The van der Waals surface area contributed by atoms with E-state index in [0.717, 1.165) is 25.8 Å². The third-order valence-corrected chi connectivity index (χ3v) is 3.42. The molecule has 0 spiro atoms. The van der Waals surface area contributed by atoms with E-state index in [0.29, 0.717) is 6.54 Å². The van der Waals surface area contributed by atoms with Crippen molar-refractivity contribution in [1.82, 2.24) is 4.90 Å². The Morgan fingerprint density at radius 1 is 1.25 bits per heavy atom. The first-order valence-electron chi connectivity index (χ1n) is 6.69. The lowest BCUT2D eigenvalue weighted by Crippen LogP contribution is -2.38. The second-order valence-corrected chi connectivity index (χ2v) is 4.74. The summed E-state index contributed by atoms with van der Waals surface area (Å²) in [5.74, 6) is 0.524. The first-order chi connectivity index (χ1) is 7.79. The van der Waals surface area contributed by atoms with Crippen LogP contribution in [-0.4, -0.2) is 35.6 Å². The van der Waals surface area contributed by atoms with Gasteiger partial charge in [-0.15, -0.1) is 0 Å². The second-order valence-electron chi connectivity index (χ2n) is 4.74. The van der Waals surface area contributed by atoms with Crippen molar-refractivity contribution in [2.45, 2.75) is 51.9 Å². The summed E-state index contributed by atoms with van der Waals surface area (Å²) < 4.78 is 0. The molecule has 16 heavy (non-hydrogen) atoms. The lowest BCUT2D eigenvalue weighted by Gasteiger charge is -2.24. The van der Waals surface area contributed by atoms with Crippen LogP contribution in [0.25, 0.3) is 0 Å². The maximum absolute atomic E-state index is 12.1. The fourth-order valence-electron chi connectivity index (χ4n) is 2.44. The molecule has 1 amide bonds. The van der Waals surface area contributed by atoms with Crippen LogP contribution in [0.1, 0.15) is 51.9 Å². The quantitative estimate of drug-likeness (QED) is 0.677. The van der Waals surface area contributed by atoms with Crippen LogP contribution >= 0.6 is 0 Å². The number of carbonyl (C=O) groups excluding carboxylic acids is 1. The zero-order chi connectivity index (χ0) is 11.8. The van der Waals surface area contributed by atoms with Gasteiger partial charge in [0, 0.05) is 19.0 Å². The summed E-state index contributed by atoms with van der Waals surface area (Å²) in [5, 5.41) is 8.99. The third-order valence-electron chi connectivity index (χ3n) is 3.42. The van der Waals surface area contributed by atoms with Gasteiger partial charge in [-0.05, 0) is 19.3 Å². The van der Waals surface area contributed by atoms with Gasteiger partial charge in [-0.3, -0.25) is 4.79 Å². The summed E-state index contributed by atoms with van der Waals surface area (Å²) in [4.78, 5) is 14.0. The summed E-state index contributed by atoms with van der Waals surface area (Å²) >= 11 is 0. The third kappa shape index (κ3) is 4.12. The Morgan fingerprint density at radius 2 is 1.94 bits per heavy atom. The Morgan fingerprint density at radius 3 is 2.50 bits per heavy atom. The van der Waals surface area contributed by atoms with Crippen LogP contribution in [0.2, 0.25) is 0 Å². The molecule has 1 fully saturated rings. The van der Waals surface area contributed by atoms with E-state index >= 15 is 0 Å². The van der Waals surface area contributed by atoms with Crippen molar-refractivity contribution >= 4 is 5.91 Å². The van der Waals surface area contributed by atoms with E-state index in [4.69, 9.17) is 5.11 Å². The molecule has 0 bridgehead atoms. The van der Waals surface area contributed by atoms with Crippen LogP contribution in [0, 0.1) is 5.92 Å². The molecule has 1 saturated carbocycles. The fraction of sp³-hybridized carbons (Fsp3) is 0.923. The van der Waals surface area contributed by atoms with Crippen molar-refractivity contribution in [1.29, 1.82) is 0 Å². The Balaban J connectivity index is 2.37. The molecule has 1 aliphatic carbocycles. The van der Waals surface area contributed by atoms with Crippen LogP contribution in [0.5, 0.6) is 0 Å². The van der Waals surface area contributed by atoms with E-state index in [9.17, 15) is 4.79 Å². The first kappa shape index (κ1) is 13.5. The standard InChI is InChI=1S/C13H25NO2/c1-2-3-6-9-14(10-11-15)13(16)12-7-4-5-8-12/h12,15H,2-11H2,1H3. The van der Waals surface area contributed by atoms with Crippen molar-refractivity contribution in [2.75, 3.05) is 19.7 Å². The van der Waals surface area contributed by atoms with Crippen LogP contribution < -0.4 is 0 Å². The molecule has 3 nitrogen and oxygen atoms in total. The summed E-state index contributed by atoms with van der Waals surface area (Å²) in [6.45, 7) is 3.59. The van der Waals surface area contributed by atoms with Crippen molar-refractivity contribution in [3.63, 3.8) is 0 Å². The van der Waals surface area contributed by atoms with Gasteiger partial charge in [0.15, 0.2) is 0 Å². The highest BCUT2D eigenvalue weighted by Crippen LogP contribution is 2.26. The molecule has 3 heteroatoms. The average molecular weight is 227 g/mol. The molecule has 0 aromatic carbocycles. The Kier molecular flexibility index (Phi) is 6.46. The Labute approximate surface area is 98.8 Å². The molecular weight excluding hydrogens is 202 g/mol. The molecule has 0 atom stereocenters. The molecule has 0 aromatic heterocycles. The number of amides is 1. The molecule has 1 N–H and O–H groups in total. The van der Waals surface area contributed by atoms with Gasteiger partial charge < -0.3 is 10.0 Å². The normalized spacial score (nSPS) is 16.6. The van der Waals surface area contributed by atoms with Crippen LogP contribution in [0.3, 0.4) is 0 Å². The maximum atomic E-state index is 12.1. The number of hydrogen-bond donors (Lipinski definition) is 1. The highest BCUT2D eigenvalue weighted by molar-refractivity contribution is 5.79. The zero-order valence-corrected chi connectivity index (χ0v) is 10.5. The van der Waals surface area contributed by atoms with E-state index < -0.39 is 0 Å². The van der Waals surface area contributed by atoms with E-state index in [-0.39, 0.29) is 18.4 Å². The summed E-state index contributed by atoms with van der Waals surface area (Å²) in [6.07, 6.45) is 7.89. The first-order valence-corrected chi connectivity index (χ1v) is 6.69. The topological polar surface area (TPSA) is 40.5 Å². The molecule has 1 rings (SSSR count). The molecule has 0 aromatic rings. The van der Waals surface area contributed by atoms with Gasteiger partial charge >= 0.3 is 0 Å². The minimum absolute atomic E-state index is 0.0879. The summed E-state index contributed by atoms with van der Waals surface area (Å²) in [5.41, 5.74) is 0. The molecular formula is C13H25NO2. The van der Waals surface area contributed by atoms with Crippen molar-refractivity contribution in [3.05, 3.63) is 0 Å². The molecule has 0 unspecified atom stereocenters. The molecule has 0 aliphatic heterocycles. The predicted molar refractivity (Wildman–Crippen MR) is 65.1 cm³/mol. The highest BCUT2D eigenvalue weighted by atomic mass is 16.3. The molecule has 1 aliphatic rings. The number of hydrogen-bond acceptors (Lipinski definition) is 2. The van der Waals surface area contributed by atoms with E-state index in [1.807, 2.05) is 4.90 Å². The SMILES string of the molecule is CCCCCN(CCO)C(=O)C1CCCC1. The van der Waals surface area contributed by atoms with Gasteiger partial charge in [-0.25, -0.2) is 0 Å². The van der Waals surface area contributed by atoms with Crippen molar-refractivity contribution < 1.29 is 9.90 Å². The number of rotatable bonds is 7. The van der Waals surface area contributed by atoms with Crippen LogP contribution in [-0.2, 0) is 4.79 Å². The maximum Gasteiger partial charge on any atom is 0.225 e. The van der Waals surface area contributed by atoms with Crippen LogP contribution in [0.4, 0.5) is 0 Å². The van der Waals surface area contributed by atoms with Crippen LogP contribution in [0.15, 0.2) is 0 Å². The molecule has 0 heterocycles. The summed E-state index contributed by atoms with van der Waals surface area (Å²) in [7, 11) is 0. The van der Waals surface area contributed by atoms with Gasteiger partial charge in [0.1, 0.15) is 0 Å². The number of carbonyl (C=O) groups is 1. The fourth-order valence-corrected chi connectivity index (χ4v) is 2.44. The average Bonchev–Trinajstić information content (AvgIpc) is 2.81. The van der Waals surface area contributed by atoms with Gasteiger partial charge in [-0.2, -0.15) is 0 Å². The predicted octanol–water partition coefficient (Wildman–Crippen LogP) is 2.19. The van der Waals surface area contributed by atoms with Crippen molar-refractivity contribution in [2.24, 2.45) is 5.92 Å². The van der Waals surface area contributed by atoms with E-state index in [1.165, 1.54) is 25.7 Å². The number of aliphatic hydroxyl groups is 1. The summed E-state index contributed by atoms with van der Waals surface area (Å²) in [6, 6.07) is 0. The second kappa shape index (κ2) is 7.66. The minimum Gasteiger partial charge on any atom is -0.395 e. The number of aliphatic hydroxyl groups excluding tert-OH is 1. The van der Waals surface area contributed by atoms with E-state index in [1.54, 1.807) is 0 Å². The largest absolute Gasteiger partial charge is 0.395 e. The highest BCUT2D eigenvalue weighted by Gasteiger charge is 2.26. The Bertz CT molecular complexity index is 200. The van der Waals surface area contributed by atoms with Gasteiger partial charge in [0.05, 0.1) is 6.61 Å². The lowest BCUT2D eigenvalue weighted by molar-refractivity contribution is -0.135. The monoisotopic (exact) mass is 227 g/mol. The van der Waals surface area contributed by atoms with Crippen molar-refractivity contribution in [3.8, 4) is 0 Å². The van der Waals surface area contributed by atoms with Gasteiger partial charge in [0.2, 0.25) is 5.91 Å². The molecule has 0 saturated heterocycles. The van der Waals surface area contributed by atoms with E-state index in [2.05, 4.69) is 6.92 Å². The molecule has 94 valence electrons. The van der Waals surface area contributed by atoms with Gasteiger partial charge in [-0.1, -0.05) is 32.6 Å². The Hall–Kier alpha value is -0.570. The minimum atomic E-state index is 0.0879. The molecule has 0 radical (unpaired) electrons. The number of unbranched alkanes of at least 4 members (excludes halogenated alkanes) is 2. The zero-order valence-electron chi connectivity index (χ0n) is 10.5. The smallest absolute Gasteiger partial charge is 0.225 e. The lowest BCUT2D eigenvalue weighted by atomic mass is 10.1. The number of nitrogens with zero attached hydrogens (tertiary/aromatic N) is 1. The van der Waals surface area contributed by atoms with Gasteiger partial charge in [0.25, 0.3) is 0 Å².